The number of nitrogens with zero attached hydrogens (tertiary/aromatic N) is 3. The van der Waals surface area contributed by atoms with Gasteiger partial charge in [0.2, 0.25) is 10.0 Å². The van der Waals surface area contributed by atoms with E-state index < -0.39 is 10.0 Å². The number of aromatic nitrogens is 2. The van der Waals surface area contributed by atoms with Crippen molar-refractivity contribution in [3.63, 3.8) is 0 Å². The van der Waals surface area contributed by atoms with E-state index in [1.54, 1.807) is 17.5 Å². The minimum Gasteiger partial charge on any atom is -0.385 e. The molecule has 1 aliphatic heterocycles. The molecular weight excluding hydrogens is 374 g/mol. The number of ether oxygens (including phenoxy) is 1. The Morgan fingerprint density at radius 2 is 2.07 bits per heavy atom. The molecule has 152 valence electrons. The highest BCUT2D eigenvalue weighted by molar-refractivity contribution is 7.89. The summed E-state index contributed by atoms with van der Waals surface area (Å²) in [6, 6.07) is 5.66. The number of benzene rings is 1. The molecule has 1 aromatic carbocycles. The molecule has 1 aliphatic carbocycles. The third-order valence-corrected chi connectivity index (χ3v) is 7.90. The number of methoxy groups -OCH3 is 1. The van der Waals surface area contributed by atoms with Crippen LogP contribution in [0.25, 0.3) is 0 Å². The van der Waals surface area contributed by atoms with E-state index in [1.165, 1.54) is 11.1 Å². The van der Waals surface area contributed by atoms with Crippen LogP contribution in [0.1, 0.15) is 47.8 Å². The van der Waals surface area contributed by atoms with Gasteiger partial charge in [0, 0.05) is 51.2 Å². The second-order valence-electron chi connectivity index (χ2n) is 7.89. The Balaban J connectivity index is 1.51. The fourth-order valence-electron chi connectivity index (χ4n) is 4.48. The predicted octanol–water partition coefficient (Wildman–Crippen LogP) is 2.89. The van der Waals surface area contributed by atoms with Gasteiger partial charge in [-0.25, -0.2) is 13.4 Å². The van der Waals surface area contributed by atoms with E-state index >= 15 is 0 Å². The number of hydrogen-bond acceptors (Lipinski definition) is 4. The molecule has 1 saturated heterocycles. The summed E-state index contributed by atoms with van der Waals surface area (Å²) in [5.41, 5.74) is 3.61. The van der Waals surface area contributed by atoms with Crippen LogP contribution in [0, 0.1) is 6.92 Å². The molecule has 2 aromatic rings. The van der Waals surface area contributed by atoms with Crippen LogP contribution >= 0.6 is 0 Å². The molecule has 0 amide bonds. The molecule has 7 heteroatoms. The van der Waals surface area contributed by atoms with Crippen molar-refractivity contribution >= 4 is 10.0 Å². The molecule has 0 N–H and O–H groups in total. The number of aryl methyl sites for hydroxylation is 3. The predicted molar refractivity (Wildman–Crippen MR) is 108 cm³/mol. The van der Waals surface area contributed by atoms with Crippen molar-refractivity contribution in [1.82, 2.24) is 13.9 Å². The molecule has 28 heavy (non-hydrogen) atoms. The van der Waals surface area contributed by atoms with Crippen LogP contribution in [-0.4, -0.2) is 49.1 Å². The van der Waals surface area contributed by atoms with E-state index in [1.807, 2.05) is 18.3 Å². The molecule has 0 bridgehead atoms. The highest BCUT2D eigenvalue weighted by Gasteiger charge is 2.35. The first-order valence-corrected chi connectivity index (χ1v) is 11.6. The number of rotatable bonds is 7. The molecule has 1 atom stereocenters. The Kier molecular flexibility index (Phi) is 5.58. The third kappa shape index (κ3) is 3.63. The summed E-state index contributed by atoms with van der Waals surface area (Å²) in [4.78, 5) is 5.05. The van der Waals surface area contributed by atoms with Crippen molar-refractivity contribution in [1.29, 1.82) is 0 Å². The first-order valence-electron chi connectivity index (χ1n) is 10.1. The van der Waals surface area contributed by atoms with Gasteiger partial charge < -0.3 is 9.30 Å². The molecule has 2 heterocycles. The highest BCUT2D eigenvalue weighted by Crippen LogP contribution is 2.32. The summed E-state index contributed by atoms with van der Waals surface area (Å²) >= 11 is 0. The van der Waals surface area contributed by atoms with Gasteiger partial charge in [0.05, 0.1) is 4.90 Å². The van der Waals surface area contributed by atoms with Gasteiger partial charge in [-0.2, -0.15) is 4.31 Å². The van der Waals surface area contributed by atoms with Crippen molar-refractivity contribution in [2.24, 2.45) is 0 Å². The van der Waals surface area contributed by atoms with Crippen molar-refractivity contribution in [3.05, 3.63) is 47.0 Å². The first kappa shape index (κ1) is 19.6. The lowest BCUT2D eigenvalue weighted by Crippen LogP contribution is -2.29. The van der Waals surface area contributed by atoms with Crippen molar-refractivity contribution in [3.8, 4) is 0 Å². The van der Waals surface area contributed by atoms with Gasteiger partial charge in [0.1, 0.15) is 5.82 Å². The van der Waals surface area contributed by atoms with E-state index in [4.69, 9.17) is 4.74 Å². The van der Waals surface area contributed by atoms with E-state index in [0.29, 0.717) is 24.6 Å². The molecule has 1 unspecified atom stereocenters. The third-order valence-electron chi connectivity index (χ3n) is 6.04. The molecule has 1 aromatic heterocycles. The van der Waals surface area contributed by atoms with Gasteiger partial charge in [-0.3, -0.25) is 0 Å². The van der Waals surface area contributed by atoms with Crippen molar-refractivity contribution in [2.75, 3.05) is 26.8 Å². The average Bonchev–Trinajstić information content (AvgIpc) is 3.41. The Labute approximate surface area is 167 Å². The summed E-state index contributed by atoms with van der Waals surface area (Å²) in [6.45, 7) is 4.66. The van der Waals surface area contributed by atoms with Gasteiger partial charge in [0.15, 0.2) is 0 Å². The van der Waals surface area contributed by atoms with Crippen LogP contribution in [-0.2, 0) is 34.1 Å². The molecule has 1 fully saturated rings. The van der Waals surface area contributed by atoms with Gasteiger partial charge in [-0.1, -0.05) is 6.07 Å². The Morgan fingerprint density at radius 1 is 1.25 bits per heavy atom. The minimum atomic E-state index is -3.45. The zero-order valence-corrected chi connectivity index (χ0v) is 17.5. The molecule has 6 nitrogen and oxygen atoms in total. The summed E-state index contributed by atoms with van der Waals surface area (Å²) in [6.07, 6.45) is 6.79. The lowest BCUT2D eigenvalue weighted by molar-refractivity contribution is 0.189. The van der Waals surface area contributed by atoms with Crippen molar-refractivity contribution in [2.45, 2.75) is 56.4 Å². The summed E-state index contributed by atoms with van der Waals surface area (Å²) in [5.74, 6) is 1.14. The fraction of sp³-hybridized carbons (Fsp3) is 0.571. The standard InChI is InChI=1S/C21H29N3O3S/c1-16-14-22-21(24(16)10-4-12-27-2)19-9-11-23(15-19)28(25,26)20-8-7-17-5-3-6-18(17)13-20/h7-8,13-14,19H,3-6,9-12,15H2,1-2H3. The van der Waals surface area contributed by atoms with Crippen LogP contribution in [0.2, 0.25) is 0 Å². The van der Waals surface area contributed by atoms with E-state index in [9.17, 15) is 8.42 Å². The summed E-state index contributed by atoms with van der Waals surface area (Å²) < 4.78 is 35.4. The molecule has 0 saturated carbocycles. The maximum absolute atomic E-state index is 13.2. The Morgan fingerprint density at radius 3 is 2.89 bits per heavy atom. The molecule has 2 aliphatic rings. The zero-order valence-electron chi connectivity index (χ0n) is 16.7. The number of sulfonamides is 1. The SMILES string of the molecule is COCCCn1c(C)cnc1C1CCN(S(=O)(=O)c2ccc3c(c2)CCC3)C1. The van der Waals surface area contributed by atoms with Crippen LogP contribution in [0.15, 0.2) is 29.3 Å². The lowest BCUT2D eigenvalue weighted by atomic mass is 10.1. The molecule has 0 spiro atoms. The number of fused-ring (bicyclic) bond motifs is 1. The largest absolute Gasteiger partial charge is 0.385 e. The minimum absolute atomic E-state index is 0.139. The normalized spacial score (nSPS) is 20.0. The maximum Gasteiger partial charge on any atom is 0.243 e. The smallest absolute Gasteiger partial charge is 0.243 e. The number of hydrogen-bond donors (Lipinski definition) is 0. The van der Waals surface area contributed by atoms with Crippen LogP contribution in [0.4, 0.5) is 0 Å². The van der Waals surface area contributed by atoms with Gasteiger partial charge in [-0.05, 0) is 62.3 Å². The topological polar surface area (TPSA) is 64.4 Å². The average molecular weight is 404 g/mol. The van der Waals surface area contributed by atoms with Gasteiger partial charge in [-0.15, -0.1) is 0 Å². The molecule has 4 rings (SSSR count). The highest BCUT2D eigenvalue weighted by atomic mass is 32.2. The quantitative estimate of drug-likeness (QED) is 0.667. The van der Waals surface area contributed by atoms with Crippen LogP contribution in [0.5, 0.6) is 0 Å². The van der Waals surface area contributed by atoms with Gasteiger partial charge >= 0.3 is 0 Å². The van der Waals surface area contributed by atoms with Crippen molar-refractivity contribution < 1.29 is 13.2 Å². The Hall–Kier alpha value is -1.70. The molecular formula is C21H29N3O3S. The zero-order chi connectivity index (χ0) is 19.7. The van der Waals surface area contributed by atoms with Crippen LogP contribution in [0.3, 0.4) is 0 Å². The van der Waals surface area contributed by atoms with E-state index in [2.05, 4.69) is 16.5 Å². The van der Waals surface area contributed by atoms with E-state index in [0.717, 1.165) is 50.2 Å². The van der Waals surface area contributed by atoms with E-state index in [-0.39, 0.29) is 5.92 Å². The summed E-state index contributed by atoms with van der Waals surface area (Å²) in [5, 5.41) is 0. The van der Waals surface area contributed by atoms with Gasteiger partial charge in [0.25, 0.3) is 0 Å². The number of imidazole rings is 1. The lowest BCUT2D eigenvalue weighted by Gasteiger charge is -2.18. The monoisotopic (exact) mass is 403 g/mol. The second kappa shape index (κ2) is 7.97. The molecule has 0 radical (unpaired) electrons. The second-order valence-corrected chi connectivity index (χ2v) is 9.83. The Bertz CT molecular complexity index is 952. The maximum atomic E-state index is 13.2. The first-order chi connectivity index (χ1) is 13.5. The van der Waals surface area contributed by atoms with Crippen LogP contribution < -0.4 is 0 Å². The summed E-state index contributed by atoms with van der Waals surface area (Å²) in [7, 11) is -1.74. The fourth-order valence-corrected chi connectivity index (χ4v) is 6.03.